The fourth-order valence-corrected chi connectivity index (χ4v) is 6.61. The quantitative estimate of drug-likeness (QED) is 0.330. The van der Waals surface area contributed by atoms with E-state index in [0.29, 0.717) is 25.3 Å². The highest BCUT2D eigenvalue weighted by molar-refractivity contribution is 7.92. The van der Waals surface area contributed by atoms with Crippen LogP contribution in [0.15, 0.2) is 65.6 Å². The standard InChI is InChI=1S/C27H22F6N2O5S/c28-26(29,30)17-4-1-5-19(13-17)41(38,39)35-15-18(14-25(24(36)37)10-3-11-25)40-22-9-8-16(12-21(22)35)20-6-2-7-23(34-20)27(31,32)33/h1-2,4-9,12-13,18H,3,10-11,14-15H2,(H,36,37). The summed E-state index contributed by atoms with van der Waals surface area (Å²) in [4.78, 5) is 14.9. The highest BCUT2D eigenvalue weighted by atomic mass is 32.2. The maximum atomic E-state index is 13.8. The van der Waals surface area contributed by atoms with Gasteiger partial charge >= 0.3 is 18.3 Å². The maximum absolute atomic E-state index is 13.8. The zero-order valence-electron chi connectivity index (χ0n) is 21.0. The largest absolute Gasteiger partial charge is 0.486 e. The molecular weight excluding hydrogens is 578 g/mol. The summed E-state index contributed by atoms with van der Waals surface area (Å²) in [5.41, 5.74) is -3.65. The van der Waals surface area contributed by atoms with Crippen LogP contribution >= 0.6 is 0 Å². The first-order valence-electron chi connectivity index (χ1n) is 12.4. The van der Waals surface area contributed by atoms with E-state index < -0.39 is 62.6 Å². The van der Waals surface area contributed by atoms with Crippen LogP contribution in [0, 0.1) is 5.41 Å². The molecule has 0 spiro atoms. The number of aromatic nitrogens is 1. The van der Waals surface area contributed by atoms with Crippen LogP contribution in [-0.4, -0.2) is 37.1 Å². The van der Waals surface area contributed by atoms with E-state index in [2.05, 4.69) is 4.98 Å². The molecule has 7 nitrogen and oxygen atoms in total. The number of alkyl halides is 6. The number of benzene rings is 2. The SMILES string of the molecule is O=C(O)C1(CC2CN(S(=O)(=O)c3cccc(C(F)(F)F)c3)c3cc(-c4cccc(C(F)(F)F)n4)ccc3O2)CCC1. The number of anilines is 1. The lowest BCUT2D eigenvalue weighted by Crippen LogP contribution is -2.49. The number of rotatable bonds is 6. The van der Waals surface area contributed by atoms with Crippen molar-refractivity contribution in [3.63, 3.8) is 0 Å². The molecule has 1 fully saturated rings. The second-order valence-electron chi connectivity index (χ2n) is 10.0. The van der Waals surface area contributed by atoms with Crippen LogP contribution in [0.5, 0.6) is 5.75 Å². The van der Waals surface area contributed by atoms with E-state index in [-0.39, 0.29) is 29.1 Å². The van der Waals surface area contributed by atoms with E-state index >= 15 is 0 Å². The van der Waals surface area contributed by atoms with Gasteiger partial charge in [-0.3, -0.25) is 9.10 Å². The predicted octanol–water partition coefficient (Wildman–Crippen LogP) is 6.39. The Kier molecular flexibility index (Phi) is 6.95. The number of nitrogens with zero attached hydrogens (tertiary/aromatic N) is 2. The third-order valence-corrected chi connectivity index (χ3v) is 9.13. The fraction of sp³-hybridized carbons (Fsp3) is 0.333. The van der Waals surface area contributed by atoms with Gasteiger partial charge in [0.25, 0.3) is 10.0 Å². The topological polar surface area (TPSA) is 96.8 Å². The first kappa shape index (κ1) is 28.7. The van der Waals surface area contributed by atoms with E-state index in [9.17, 15) is 44.7 Å². The smallest absolute Gasteiger partial charge is 0.433 e. The molecule has 1 saturated carbocycles. The van der Waals surface area contributed by atoms with Gasteiger partial charge < -0.3 is 9.84 Å². The number of sulfonamides is 1. The van der Waals surface area contributed by atoms with E-state index in [0.717, 1.165) is 34.6 Å². The highest BCUT2D eigenvalue weighted by Crippen LogP contribution is 2.48. The van der Waals surface area contributed by atoms with Gasteiger partial charge in [0.05, 0.1) is 33.8 Å². The number of hydrogen-bond donors (Lipinski definition) is 1. The van der Waals surface area contributed by atoms with Crippen LogP contribution in [0.4, 0.5) is 32.0 Å². The highest BCUT2D eigenvalue weighted by Gasteiger charge is 2.48. The summed E-state index contributed by atoms with van der Waals surface area (Å²) in [6.07, 6.45) is -9.19. The molecule has 3 aromatic rings. The van der Waals surface area contributed by atoms with Gasteiger partial charge in [-0.05, 0) is 61.4 Å². The number of fused-ring (bicyclic) bond motifs is 1. The molecule has 2 aliphatic rings. The molecule has 1 aliphatic heterocycles. The Hall–Kier alpha value is -3.81. The molecule has 2 heterocycles. The first-order valence-corrected chi connectivity index (χ1v) is 13.8. The van der Waals surface area contributed by atoms with Crippen molar-refractivity contribution in [2.45, 2.75) is 49.0 Å². The van der Waals surface area contributed by atoms with Gasteiger partial charge in [0.15, 0.2) is 0 Å². The Morgan fingerprint density at radius 3 is 2.32 bits per heavy atom. The van der Waals surface area contributed by atoms with Gasteiger partial charge in [-0.15, -0.1) is 0 Å². The molecule has 2 aromatic carbocycles. The van der Waals surface area contributed by atoms with E-state index in [4.69, 9.17) is 4.74 Å². The van der Waals surface area contributed by atoms with E-state index in [1.807, 2.05) is 0 Å². The van der Waals surface area contributed by atoms with Gasteiger partial charge in [-0.1, -0.05) is 18.6 Å². The number of halogens is 6. The molecule has 1 aliphatic carbocycles. The number of aliphatic carboxylic acids is 1. The second-order valence-corrected chi connectivity index (χ2v) is 11.9. The minimum atomic E-state index is -4.82. The number of pyridine rings is 1. The van der Waals surface area contributed by atoms with Crippen LogP contribution in [-0.2, 0) is 27.2 Å². The van der Waals surface area contributed by atoms with Crippen LogP contribution < -0.4 is 9.04 Å². The Bertz CT molecular complexity index is 1600. The Morgan fingerprint density at radius 1 is 1.00 bits per heavy atom. The molecule has 1 N–H and O–H groups in total. The second kappa shape index (κ2) is 9.93. The third kappa shape index (κ3) is 5.44. The number of carboxylic acids is 1. The first-order chi connectivity index (χ1) is 19.1. The zero-order chi connectivity index (χ0) is 29.8. The summed E-state index contributed by atoms with van der Waals surface area (Å²) in [6, 6.07) is 10.3. The van der Waals surface area contributed by atoms with E-state index in [1.165, 1.54) is 24.3 Å². The van der Waals surface area contributed by atoms with Crippen LogP contribution in [0.1, 0.15) is 36.9 Å². The number of carbonyl (C=O) groups is 1. The molecule has 1 atom stereocenters. The Morgan fingerprint density at radius 2 is 1.71 bits per heavy atom. The Balaban J connectivity index is 1.60. The molecule has 1 unspecified atom stereocenters. The van der Waals surface area contributed by atoms with Gasteiger partial charge in [-0.2, -0.15) is 26.3 Å². The minimum absolute atomic E-state index is 0.0209. The van der Waals surface area contributed by atoms with Gasteiger partial charge in [0.2, 0.25) is 0 Å². The van der Waals surface area contributed by atoms with Crippen molar-refractivity contribution in [1.29, 1.82) is 0 Å². The lowest BCUT2D eigenvalue weighted by atomic mass is 9.65. The summed E-state index contributed by atoms with van der Waals surface area (Å²) < 4.78 is 114. The van der Waals surface area contributed by atoms with Crippen molar-refractivity contribution in [3.05, 3.63) is 71.9 Å². The van der Waals surface area contributed by atoms with Crippen molar-refractivity contribution in [2.24, 2.45) is 5.41 Å². The lowest BCUT2D eigenvalue weighted by Gasteiger charge is -2.43. The summed E-state index contributed by atoms with van der Waals surface area (Å²) in [5.74, 6) is -1.08. The number of hydrogen-bond acceptors (Lipinski definition) is 5. The maximum Gasteiger partial charge on any atom is 0.433 e. The molecule has 218 valence electrons. The molecule has 0 radical (unpaired) electrons. The number of carboxylic acid groups (broad SMARTS) is 1. The summed E-state index contributed by atoms with van der Waals surface area (Å²) in [6.45, 7) is -0.430. The Labute approximate surface area is 230 Å². The normalized spacial score (nSPS) is 18.7. The van der Waals surface area contributed by atoms with E-state index in [1.54, 1.807) is 0 Å². The summed E-state index contributed by atoms with van der Waals surface area (Å²) >= 11 is 0. The average molecular weight is 601 g/mol. The van der Waals surface area contributed by atoms with Crippen LogP contribution in [0.25, 0.3) is 11.3 Å². The van der Waals surface area contributed by atoms with Crippen LogP contribution in [0.3, 0.4) is 0 Å². The molecule has 41 heavy (non-hydrogen) atoms. The zero-order valence-corrected chi connectivity index (χ0v) is 21.9. The third-order valence-electron chi connectivity index (χ3n) is 7.36. The molecule has 1 aromatic heterocycles. The molecule has 0 bridgehead atoms. The van der Waals surface area contributed by atoms with Crippen molar-refractivity contribution in [1.82, 2.24) is 4.98 Å². The predicted molar refractivity (Wildman–Crippen MR) is 134 cm³/mol. The lowest BCUT2D eigenvalue weighted by molar-refractivity contribution is -0.157. The summed E-state index contributed by atoms with van der Waals surface area (Å²) in [5, 5.41) is 9.78. The molecule has 5 rings (SSSR count). The number of ether oxygens (including phenoxy) is 1. The van der Waals surface area contributed by atoms with Gasteiger partial charge in [0, 0.05) is 12.0 Å². The fourth-order valence-electron chi connectivity index (χ4n) is 5.06. The van der Waals surface area contributed by atoms with Crippen LogP contribution in [0.2, 0.25) is 0 Å². The van der Waals surface area contributed by atoms with Crippen molar-refractivity contribution in [2.75, 3.05) is 10.8 Å². The van der Waals surface area contributed by atoms with Crippen molar-refractivity contribution < 1.29 is 49.4 Å². The molecular formula is C27H22F6N2O5S. The van der Waals surface area contributed by atoms with Crippen molar-refractivity contribution >= 4 is 21.7 Å². The molecule has 14 heteroatoms. The average Bonchev–Trinajstić information content (AvgIpc) is 2.89. The van der Waals surface area contributed by atoms with Gasteiger partial charge in [-0.25, -0.2) is 13.4 Å². The van der Waals surface area contributed by atoms with Gasteiger partial charge in [0.1, 0.15) is 17.5 Å². The monoisotopic (exact) mass is 600 g/mol. The minimum Gasteiger partial charge on any atom is -0.486 e. The summed E-state index contributed by atoms with van der Waals surface area (Å²) in [7, 11) is -4.68. The molecule has 0 amide bonds. The molecule has 0 saturated heterocycles. The van der Waals surface area contributed by atoms with Crippen molar-refractivity contribution in [3.8, 4) is 17.0 Å².